The number of morpholine rings is 1. The van der Waals surface area contributed by atoms with Crippen molar-refractivity contribution in [3.8, 4) is 0 Å². The molecule has 2 fully saturated rings. The zero-order valence-electron chi connectivity index (χ0n) is 11.3. The molecule has 0 spiro atoms. The van der Waals surface area contributed by atoms with Crippen molar-refractivity contribution in [3.05, 3.63) is 0 Å². The molecule has 2 N–H and O–H groups in total. The minimum absolute atomic E-state index is 0. The Morgan fingerprint density at radius 3 is 2.89 bits per heavy atom. The average Bonchev–Trinajstić information content (AvgIpc) is 2.34. The number of piperidine rings is 1. The molecule has 6 nitrogen and oxygen atoms in total. The molecule has 3 atom stereocenters. The predicted octanol–water partition coefficient (Wildman–Crippen LogP) is -0.478. The summed E-state index contributed by atoms with van der Waals surface area (Å²) in [6, 6.07) is -0.238. The first-order chi connectivity index (χ1) is 8.58. The molecule has 2 heterocycles. The van der Waals surface area contributed by atoms with Crippen LogP contribution in [0.25, 0.3) is 0 Å². The van der Waals surface area contributed by atoms with Gasteiger partial charge in [0.1, 0.15) is 6.04 Å². The third-order valence-corrected chi connectivity index (χ3v) is 3.57. The van der Waals surface area contributed by atoms with Crippen LogP contribution in [0, 0.1) is 0 Å². The van der Waals surface area contributed by atoms with Crippen molar-refractivity contribution in [1.29, 1.82) is 0 Å². The fraction of sp³-hybridized carbons (Fsp3) is 0.833. The van der Waals surface area contributed by atoms with Gasteiger partial charge in [-0.3, -0.25) is 9.59 Å². The molecular weight excluding hydrogens is 270 g/mol. The van der Waals surface area contributed by atoms with E-state index in [0.29, 0.717) is 26.1 Å². The molecule has 7 heteroatoms. The molecule has 0 aromatic heterocycles. The molecule has 0 saturated carbocycles. The van der Waals surface area contributed by atoms with Gasteiger partial charge in [0, 0.05) is 32.6 Å². The highest BCUT2D eigenvalue weighted by Crippen LogP contribution is 2.11. The van der Waals surface area contributed by atoms with Crippen molar-refractivity contribution in [3.63, 3.8) is 0 Å². The maximum Gasteiger partial charge on any atom is 0.240 e. The number of carbonyl (C=O) groups excluding carboxylic acids is 2. The lowest BCUT2D eigenvalue weighted by atomic mass is 10.0. The van der Waals surface area contributed by atoms with Crippen molar-refractivity contribution < 1.29 is 14.3 Å². The molecule has 2 saturated heterocycles. The van der Waals surface area contributed by atoms with Crippen LogP contribution < -0.4 is 10.6 Å². The van der Waals surface area contributed by atoms with Crippen molar-refractivity contribution in [1.82, 2.24) is 15.5 Å². The summed E-state index contributed by atoms with van der Waals surface area (Å²) >= 11 is 0. The summed E-state index contributed by atoms with van der Waals surface area (Å²) in [5.41, 5.74) is 0. The monoisotopic (exact) mass is 291 g/mol. The highest BCUT2D eigenvalue weighted by molar-refractivity contribution is 5.85. The third kappa shape index (κ3) is 4.06. The van der Waals surface area contributed by atoms with E-state index in [1.54, 1.807) is 11.9 Å². The first kappa shape index (κ1) is 16.2. The normalized spacial score (nSPS) is 31.6. The number of carbonyl (C=O) groups is 2. The van der Waals surface area contributed by atoms with Gasteiger partial charge < -0.3 is 20.3 Å². The number of hydrogen-bond donors (Lipinski definition) is 2. The lowest BCUT2D eigenvalue weighted by Gasteiger charge is -2.34. The molecule has 2 aliphatic heterocycles. The van der Waals surface area contributed by atoms with E-state index in [1.165, 1.54) is 0 Å². The Kier molecular flexibility index (Phi) is 6.03. The van der Waals surface area contributed by atoms with Crippen LogP contribution >= 0.6 is 12.4 Å². The molecule has 0 aliphatic carbocycles. The topological polar surface area (TPSA) is 70.7 Å². The molecule has 2 aliphatic rings. The van der Waals surface area contributed by atoms with Gasteiger partial charge in [0.05, 0.1) is 12.7 Å². The molecule has 110 valence electrons. The maximum absolute atomic E-state index is 12.1. The van der Waals surface area contributed by atoms with Crippen molar-refractivity contribution >= 4 is 24.2 Å². The van der Waals surface area contributed by atoms with E-state index in [1.807, 2.05) is 6.92 Å². The first-order valence-corrected chi connectivity index (χ1v) is 6.47. The van der Waals surface area contributed by atoms with Gasteiger partial charge in [-0.1, -0.05) is 0 Å². The molecule has 19 heavy (non-hydrogen) atoms. The molecule has 0 aromatic rings. The number of hydrogen-bond acceptors (Lipinski definition) is 4. The Bertz CT molecular complexity index is 340. The van der Waals surface area contributed by atoms with Crippen molar-refractivity contribution in [2.45, 2.75) is 38.0 Å². The number of likely N-dealkylation sites (tertiary alicyclic amines) is 1. The lowest BCUT2D eigenvalue weighted by Crippen LogP contribution is -2.59. The highest BCUT2D eigenvalue weighted by Gasteiger charge is 2.31. The summed E-state index contributed by atoms with van der Waals surface area (Å²) in [4.78, 5) is 25.1. The zero-order valence-corrected chi connectivity index (χ0v) is 12.2. The Hall–Kier alpha value is -0.850. The second kappa shape index (κ2) is 7.07. The fourth-order valence-electron chi connectivity index (χ4n) is 2.45. The second-order valence-corrected chi connectivity index (χ2v) is 5.03. The highest BCUT2D eigenvalue weighted by atomic mass is 35.5. The van der Waals surface area contributed by atoms with E-state index in [9.17, 15) is 9.59 Å². The van der Waals surface area contributed by atoms with Crippen LogP contribution in [0.4, 0.5) is 0 Å². The summed E-state index contributed by atoms with van der Waals surface area (Å²) in [6.07, 6.45) is 1.12. The molecule has 0 aromatic carbocycles. The number of ether oxygens (including phenoxy) is 1. The van der Waals surface area contributed by atoms with Gasteiger partial charge >= 0.3 is 0 Å². The molecule has 0 radical (unpaired) electrons. The van der Waals surface area contributed by atoms with E-state index < -0.39 is 0 Å². The van der Waals surface area contributed by atoms with E-state index in [4.69, 9.17) is 4.74 Å². The van der Waals surface area contributed by atoms with Crippen LogP contribution in [0.5, 0.6) is 0 Å². The SMILES string of the molecule is C[C@H]1OCCN[C@@H]1C(=O)NC1CCC(=O)N(C)C1.Cl. The lowest BCUT2D eigenvalue weighted by molar-refractivity contribution is -0.135. The van der Waals surface area contributed by atoms with Crippen LogP contribution in [0.1, 0.15) is 19.8 Å². The quantitative estimate of drug-likeness (QED) is 0.721. The standard InChI is InChI=1S/C12H21N3O3.ClH/c1-8-11(13-5-6-18-8)12(17)14-9-3-4-10(16)15(2)7-9;/h8-9,11,13H,3-7H2,1-2H3,(H,14,17);1H/t8-,9?,11+;/m1./s1. The van der Waals surface area contributed by atoms with Crippen LogP contribution in [0.15, 0.2) is 0 Å². The number of likely N-dealkylation sites (N-methyl/N-ethyl adjacent to an activating group) is 1. The van der Waals surface area contributed by atoms with Crippen LogP contribution in [0.3, 0.4) is 0 Å². The van der Waals surface area contributed by atoms with Gasteiger partial charge in [-0.25, -0.2) is 0 Å². The molecule has 2 rings (SSSR count). The maximum atomic E-state index is 12.1. The second-order valence-electron chi connectivity index (χ2n) is 5.03. The fourth-order valence-corrected chi connectivity index (χ4v) is 2.45. The van der Waals surface area contributed by atoms with Gasteiger partial charge in [-0.05, 0) is 13.3 Å². The minimum atomic E-state index is -0.290. The summed E-state index contributed by atoms with van der Waals surface area (Å²) in [6.45, 7) is 3.83. The van der Waals surface area contributed by atoms with E-state index in [0.717, 1.165) is 6.42 Å². The number of nitrogens with zero attached hydrogens (tertiary/aromatic N) is 1. The minimum Gasteiger partial charge on any atom is -0.375 e. The number of nitrogens with one attached hydrogen (secondary N) is 2. The number of rotatable bonds is 2. The Morgan fingerprint density at radius 2 is 2.26 bits per heavy atom. The summed E-state index contributed by atoms with van der Waals surface area (Å²) < 4.78 is 5.45. The largest absolute Gasteiger partial charge is 0.375 e. The van der Waals surface area contributed by atoms with E-state index in [2.05, 4.69) is 10.6 Å². The van der Waals surface area contributed by atoms with Crippen LogP contribution in [0.2, 0.25) is 0 Å². The van der Waals surface area contributed by atoms with Gasteiger partial charge in [-0.15, -0.1) is 12.4 Å². The van der Waals surface area contributed by atoms with Gasteiger partial charge in [0.15, 0.2) is 0 Å². The van der Waals surface area contributed by atoms with E-state index >= 15 is 0 Å². The van der Waals surface area contributed by atoms with Gasteiger partial charge in [-0.2, -0.15) is 0 Å². The molecule has 1 unspecified atom stereocenters. The predicted molar refractivity (Wildman–Crippen MR) is 73.3 cm³/mol. The van der Waals surface area contributed by atoms with Crippen molar-refractivity contribution in [2.24, 2.45) is 0 Å². The van der Waals surface area contributed by atoms with Crippen molar-refractivity contribution in [2.75, 3.05) is 26.7 Å². The average molecular weight is 292 g/mol. The Labute approximate surface area is 119 Å². The molecular formula is C12H22ClN3O3. The van der Waals surface area contributed by atoms with E-state index in [-0.39, 0.29) is 42.4 Å². The zero-order chi connectivity index (χ0) is 13.1. The first-order valence-electron chi connectivity index (χ1n) is 6.47. The summed E-state index contributed by atoms with van der Waals surface area (Å²) in [5.74, 6) is 0.114. The van der Waals surface area contributed by atoms with Gasteiger partial charge in [0.2, 0.25) is 11.8 Å². The van der Waals surface area contributed by atoms with Gasteiger partial charge in [0.25, 0.3) is 0 Å². The summed E-state index contributed by atoms with van der Waals surface area (Å²) in [5, 5.41) is 6.16. The Balaban J connectivity index is 0.00000180. The number of amides is 2. The third-order valence-electron chi connectivity index (χ3n) is 3.57. The molecule has 0 bridgehead atoms. The Morgan fingerprint density at radius 1 is 1.53 bits per heavy atom. The molecule has 2 amide bonds. The van der Waals surface area contributed by atoms with Crippen LogP contribution in [-0.2, 0) is 14.3 Å². The van der Waals surface area contributed by atoms with Crippen LogP contribution in [-0.4, -0.2) is 61.6 Å². The number of halogens is 1. The smallest absolute Gasteiger partial charge is 0.240 e. The summed E-state index contributed by atoms with van der Waals surface area (Å²) in [7, 11) is 1.77.